The molecule has 7 nitrogen and oxygen atoms in total. The standard InChI is InChI=1S/C32H37ClFN3O4S/c1-42(40,41)37(29-15-8-7-14-28(29)34)21-9-16-31(38)36(23-25-17-19-26(33)20-18-25)30(22-24-10-3-2-4-11-24)32(39)35-27-12-5-6-13-27/h2-4,7-8,10-11,14-15,17-20,27,30H,5-6,9,12-13,16,21-23H2,1H3,(H,35,39)/t30-/m0/s1. The van der Waals surface area contributed by atoms with Crippen LogP contribution in [0.3, 0.4) is 0 Å². The third-order valence-electron chi connectivity index (χ3n) is 7.51. The van der Waals surface area contributed by atoms with Gasteiger partial charge < -0.3 is 10.2 Å². The van der Waals surface area contributed by atoms with Crippen molar-refractivity contribution in [3.63, 3.8) is 0 Å². The molecule has 0 aliphatic heterocycles. The van der Waals surface area contributed by atoms with Crippen molar-refractivity contribution in [2.45, 2.75) is 63.6 Å². The Balaban J connectivity index is 1.59. The van der Waals surface area contributed by atoms with Gasteiger partial charge in [0.05, 0.1) is 11.9 Å². The van der Waals surface area contributed by atoms with Crippen molar-refractivity contribution >= 4 is 39.1 Å². The summed E-state index contributed by atoms with van der Waals surface area (Å²) in [6, 6.07) is 21.6. The Bertz CT molecular complexity index is 1450. The Kier molecular flexibility index (Phi) is 11.0. The number of carbonyl (C=O) groups excluding carboxylic acids is 2. The number of halogens is 2. The molecular weight excluding hydrogens is 577 g/mol. The third-order valence-corrected chi connectivity index (χ3v) is 8.94. The number of nitrogens with one attached hydrogen (secondary N) is 1. The maximum Gasteiger partial charge on any atom is 0.243 e. The van der Waals surface area contributed by atoms with E-state index >= 15 is 0 Å². The number of anilines is 1. The van der Waals surface area contributed by atoms with Crippen LogP contribution in [0.5, 0.6) is 0 Å². The molecule has 4 rings (SSSR count). The Morgan fingerprint density at radius 3 is 2.24 bits per heavy atom. The van der Waals surface area contributed by atoms with Crippen LogP contribution in [-0.4, -0.2) is 50.0 Å². The minimum absolute atomic E-state index is 0.0317. The maximum absolute atomic E-state index is 14.5. The van der Waals surface area contributed by atoms with Crippen molar-refractivity contribution in [3.05, 3.63) is 101 Å². The van der Waals surface area contributed by atoms with E-state index in [1.807, 2.05) is 42.5 Å². The van der Waals surface area contributed by atoms with Crippen LogP contribution >= 0.6 is 11.6 Å². The van der Waals surface area contributed by atoms with E-state index in [2.05, 4.69) is 5.32 Å². The first-order valence-electron chi connectivity index (χ1n) is 14.2. The quantitative estimate of drug-likeness (QED) is 0.267. The van der Waals surface area contributed by atoms with Gasteiger partial charge in [-0.3, -0.25) is 13.9 Å². The summed E-state index contributed by atoms with van der Waals surface area (Å²) < 4.78 is 40.5. The highest BCUT2D eigenvalue weighted by atomic mass is 35.5. The molecule has 3 aromatic carbocycles. The van der Waals surface area contributed by atoms with E-state index in [0.29, 0.717) is 11.4 Å². The number of hydrogen-bond acceptors (Lipinski definition) is 4. The molecular formula is C32H37ClFN3O4S. The number of rotatable bonds is 13. The van der Waals surface area contributed by atoms with Crippen LogP contribution in [0.15, 0.2) is 78.9 Å². The molecule has 0 spiro atoms. The zero-order valence-corrected chi connectivity index (χ0v) is 25.3. The van der Waals surface area contributed by atoms with Crippen LogP contribution < -0.4 is 9.62 Å². The fraction of sp³-hybridized carbons (Fsp3) is 0.375. The number of amides is 2. The van der Waals surface area contributed by atoms with Crippen molar-refractivity contribution in [1.29, 1.82) is 0 Å². The van der Waals surface area contributed by atoms with Gasteiger partial charge in [0.2, 0.25) is 21.8 Å². The second-order valence-corrected chi connectivity index (χ2v) is 13.1. The number of sulfonamides is 1. The summed E-state index contributed by atoms with van der Waals surface area (Å²) in [7, 11) is -3.80. The summed E-state index contributed by atoms with van der Waals surface area (Å²) in [6.45, 7) is 0.0899. The fourth-order valence-electron chi connectivity index (χ4n) is 5.34. The van der Waals surface area contributed by atoms with Crippen LogP contribution in [0.2, 0.25) is 5.02 Å². The lowest BCUT2D eigenvalue weighted by atomic mass is 10.0. The van der Waals surface area contributed by atoms with Crippen molar-refractivity contribution in [3.8, 4) is 0 Å². The summed E-state index contributed by atoms with van der Waals surface area (Å²) in [5.74, 6) is -1.17. The molecule has 1 aliphatic carbocycles. The van der Waals surface area contributed by atoms with Crippen LogP contribution in [0.1, 0.15) is 49.7 Å². The van der Waals surface area contributed by atoms with Crippen molar-refractivity contribution < 1.29 is 22.4 Å². The first kappa shape index (κ1) is 31.5. The van der Waals surface area contributed by atoms with Crippen LogP contribution in [0.25, 0.3) is 0 Å². The highest BCUT2D eigenvalue weighted by molar-refractivity contribution is 7.92. The van der Waals surface area contributed by atoms with Gasteiger partial charge in [-0.2, -0.15) is 0 Å². The molecule has 0 saturated heterocycles. The molecule has 1 saturated carbocycles. The van der Waals surface area contributed by atoms with Gasteiger partial charge in [0.15, 0.2) is 0 Å². The molecule has 1 atom stereocenters. The Morgan fingerprint density at radius 1 is 0.952 bits per heavy atom. The summed E-state index contributed by atoms with van der Waals surface area (Å²) in [6.07, 6.45) is 5.37. The highest BCUT2D eigenvalue weighted by Crippen LogP contribution is 2.24. The molecule has 0 radical (unpaired) electrons. The summed E-state index contributed by atoms with van der Waals surface area (Å²) >= 11 is 6.10. The lowest BCUT2D eigenvalue weighted by Crippen LogP contribution is -2.52. The highest BCUT2D eigenvalue weighted by Gasteiger charge is 2.32. The molecule has 1 aliphatic rings. The molecule has 0 unspecified atom stereocenters. The van der Waals surface area contributed by atoms with Gasteiger partial charge >= 0.3 is 0 Å². The smallest absolute Gasteiger partial charge is 0.243 e. The number of hydrogen-bond donors (Lipinski definition) is 1. The predicted octanol–water partition coefficient (Wildman–Crippen LogP) is 5.72. The van der Waals surface area contributed by atoms with E-state index in [9.17, 15) is 22.4 Å². The second-order valence-electron chi connectivity index (χ2n) is 10.7. The number of carbonyl (C=O) groups is 2. The Hall–Kier alpha value is -3.43. The first-order chi connectivity index (χ1) is 20.1. The van der Waals surface area contributed by atoms with Gasteiger partial charge in [-0.1, -0.05) is 79.0 Å². The lowest BCUT2D eigenvalue weighted by Gasteiger charge is -2.33. The first-order valence-corrected chi connectivity index (χ1v) is 16.4. The van der Waals surface area contributed by atoms with Crippen LogP contribution in [-0.2, 0) is 32.6 Å². The molecule has 0 bridgehead atoms. The molecule has 3 aromatic rings. The number of nitrogens with zero attached hydrogens (tertiary/aromatic N) is 2. The Morgan fingerprint density at radius 2 is 1.60 bits per heavy atom. The minimum Gasteiger partial charge on any atom is -0.352 e. The molecule has 0 aromatic heterocycles. The second kappa shape index (κ2) is 14.6. The van der Waals surface area contributed by atoms with Crippen LogP contribution in [0.4, 0.5) is 10.1 Å². The maximum atomic E-state index is 14.5. The molecule has 1 N–H and O–H groups in total. The van der Waals surface area contributed by atoms with Gasteiger partial charge in [0, 0.05) is 37.0 Å². The largest absolute Gasteiger partial charge is 0.352 e. The summed E-state index contributed by atoms with van der Waals surface area (Å²) in [5, 5.41) is 3.73. The lowest BCUT2D eigenvalue weighted by molar-refractivity contribution is -0.141. The summed E-state index contributed by atoms with van der Waals surface area (Å²) in [4.78, 5) is 29.3. The Labute approximate surface area is 252 Å². The normalized spacial score (nSPS) is 14.4. The zero-order chi connectivity index (χ0) is 30.1. The topological polar surface area (TPSA) is 86.8 Å². The zero-order valence-electron chi connectivity index (χ0n) is 23.7. The predicted molar refractivity (Wildman–Crippen MR) is 164 cm³/mol. The molecule has 0 heterocycles. The van der Waals surface area contributed by atoms with Gasteiger partial charge in [0.1, 0.15) is 11.9 Å². The summed E-state index contributed by atoms with van der Waals surface area (Å²) in [5.41, 5.74) is 1.66. The molecule has 2 amide bonds. The third kappa shape index (κ3) is 8.79. The van der Waals surface area contributed by atoms with Gasteiger partial charge in [0.25, 0.3) is 0 Å². The van der Waals surface area contributed by atoms with E-state index in [0.717, 1.165) is 47.4 Å². The van der Waals surface area contributed by atoms with Crippen molar-refractivity contribution in [1.82, 2.24) is 10.2 Å². The average Bonchev–Trinajstić information content (AvgIpc) is 3.47. The molecule has 1 fully saturated rings. The number of para-hydroxylation sites is 1. The molecule has 10 heteroatoms. The fourth-order valence-corrected chi connectivity index (χ4v) is 6.44. The monoisotopic (exact) mass is 613 g/mol. The van der Waals surface area contributed by atoms with Gasteiger partial charge in [-0.15, -0.1) is 0 Å². The van der Waals surface area contributed by atoms with Crippen LogP contribution in [0, 0.1) is 5.82 Å². The van der Waals surface area contributed by atoms with E-state index in [-0.39, 0.29) is 49.5 Å². The minimum atomic E-state index is -3.80. The molecule has 224 valence electrons. The van der Waals surface area contributed by atoms with Gasteiger partial charge in [-0.25, -0.2) is 12.8 Å². The van der Waals surface area contributed by atoms with E-state index < -0.39 is 21.9 Å². The SMILES string of the molecule is CS(=O)(=O)N(CCCC(=O)N(Cc1ccc(Cl)cc1)[C@@H](Cc1ccccc1)C(=O)NC1CCCC1)c1ccccc1F. The van der Waals surface area contributed by atoms with E-state index in [1.54, 1.807) is 23.1 Å². The van der Waals surface area contributed by atoms with E-state index in [1.165, 1.54) is 18.2 Å². The van der Waals surface area contributed by atoms with E-state index in [4.69, 9.17) is 11.6 Å². The molecule has 42 heavy (non-hydrogen) atoms. The number of benzene rings is 3. The van der Waals surface area contributed by atoms with Gasteiger partial charge in [-0.05, 0) is 54.7 Å². The average molecular weight is 614 g/mol. The van der Waals surface area contributed by atoms with Crippen molar-refractivity contribution in [2.24, 2.45) is 0 Å². The van der Waals surface area contributed by atoms with Crippen molar-refractivity contribution in [2.75, 3.05) is 17.1 Å².